The van der Waals surface area contributed by atoms with E-state index >= 15 is 0 Å². The molecule has 0 saturated heterocycles. The summed E-state index contributed by atoms with van der Waals surface area (Å²) in [5, 5.41) is 0.942. The third-order valence-electron chi connectivity index (χ3n) is 2.73. The van der Waals surface area contributed by atoms with Gasteiger partial charge in [0, 0.05) is 25.0 Å². The molecule has 0 aliphatic carbocycles. The van der Waals surface area contributed by atoms with Crippen molar-refractivity contribution in [2.45, 2.75) is 20.0 Å². The third kappa shape index (κ3) is 2.86. The van der Waals surface area contributed by atoms with Crippen LogP contribution in [0.2, 0.25) is 0 Å². The lowest BCUT2D eigenvalue weighted by Gasteiger charge is -2.15. The van der Waals surface area contributed by atoms with Gasteiger partial charge in [0.2, 0.25) is 0 Å². The number of anilines is 1. The summed E-state index contributed by atoms with van der Waals surface area (Å²) in [6, 6.07) is 6.52. The SMILES string of the molecule is Cc1nc(N(C)Cc2ccc(F)cc2)sc1CN. The van der Waals surface area contributed by atoms with Gasteiger partial charge in [-0.25, -0.2) is 9.37 Å². The van der Waals surface area contributed by atoms with Crippen molar-refractivity contribution in [1.29, 1.82) is 0 Å². The molecule has 0 radical (unpaired) electrons. The highest BCUT2D eigenvalue weighted by molar-refractivity contribution is 7.15. The first-order valence-electron chi connectivity index (χ1n) is 5.72. The summed E-state index contributed by atoms with van der Waals surface area (Å²) < 4.78 is 12.8. The molecule has 2 rings (SSSR count). The van der Waals surface area contributed by atoms with Crippen molar-refractivity contribution in [3.8, 4) is 0 Å². The molecule has 0 fully saturated rings. The van der Waals surface area contributed by atoms with Gasteiger partial charge in [-0.05, 0) is 24.6 Å². The highest BCUT2D eigenvalue weighted by atomic mass is 32.1. The van der Waals surface area contributed by atoms with E-state index in [9.17, 15) is 4.39 Å². The summed E-state index contributed by atoms with van der Waals surface area (Å²) in [5.74, 6) is -0.211. The molecule has 2 N–H and O–H groups in total. The van der Waals surface area contributed by atoms with E-state index < -0.39 is 0 Å². The van der Waals surface area contributed by atoms with E-state index in [1.54, 1.807) is 23.5 Å². The Bertz CT molecular complexity index is 522. The molecule has 1 aromatic heterocycles. The minimum absolute atomic E-state index is 0.211. The number of thiazole rings is 1. The zero-order valence-electron chi connectivity index (χ0n) is 10.5. The largest absolute Gasteiger partial charge is 0.347 e. The number of nitrogens with two attached hydrogens (primary N) is 1. The van der Waals surface area contributed by atoms with E-state index in [1.165, 1.54) is 12.1 Å². The molecule has 0 bridgehead atoms. The number of hydrogen-bond donors (Lipinski definition) is 1. The normalized spacial score (nSPS) is 10.7. The summed E-state index contributed by atoms with van der Waals surface area (Å²) in [5.41, 5.74) is 7.69. The minimum atomic E-state index is -0.211. The van der Waals surface area contributed by atoms with Gasteiger partial charge in [0.05, 0.1) is 5.69 Å². The van der Waals surface area contributed by atoms with Crippen LogP contribution in [0.15, 0.2) is 24.3 Å². The fourth-order valence-corrected chi connectivity index (χ4v) is 2.60. The first-order valence-corrected chi connectivity index (χ1v) is 6.53. The molecule has 0 amide bonds. The number of hydrogen-bond acceptors (Lipinski definition) is 4. The van der Waals surface area contributed by atoms with Crippen LogP contribution in [0.3, 0.4) is 0 Å². The zero-order chi connectivity index (χ0) is 13.1. The molecule has 0 atom stereocenters. The van der Waals surface area contributed by atoms with E-state index in [2.05, 4.69) is 4.98 Å². The fraction of sp³-hybridized carbons (Fsp3) is 0.308. The number of benzene rings is 1. The van der Waals surface area contributed by atoms with Crippen LogP contribution in [0.25, 0.3) is 0 Å². The lowest BCUT2D eigenvalue weighted by molar-refractivity contribution is 0.627. The highest BCUT2D eigenvalue weighted by Crippen LogP contribution is 2.25. The van der Waals surface area contributed by atoms with Gasteiger partial charge < -0.3 is 10.6 Å². The average molecular weight is 265 g/mol. The van der Waals surface area contributed by atoms with Gasteiger partial charge in [-0.3, -0.25) is 0 Å². The van der Waals surface area contributed by atoms with Gasteiger partial charge in [0.25, 0.3) is 0 Å². The molecule has 96 valence electrons. The maximum absolute atomic E-state index is 12.8. The van der Waals surface area contributed by atoms with Gasteiger partial charge in [0.15, 0.2) is 5.13 Å². The van der Waals surface area contributed by atoms with E-state index in [1.807, 2.05) is 18.9 Å². The van der Waals surface area contributed by atoms with Crippen molar-refractivity contribution in [2.24, 2.45) is 5.73 Å². The van der Waals surface area contributed by atoms with Crippen LogP contribution in [-0.2, 0) is 13.1 Å². The number of aromatic nitrogens is 1. The Kier molecular flexibility index (Phi) is 3.93. The van der Waals surface area contributed by atoms with E-state index in [4.69, 9.17) is 5.73 Å². The quantitative estimate of drug-likeness (QED) is 0.924. The Balaban J connectivity index is 2.11. The standard InChI is InChI=1S/C13H16FN3S/c1-9-12(7-15)18-13(16-9)17(2)8-10-3-5-11(14)6-4-10/h3-6H,7-8,15H2,1-2H3. The molecular weight excluding hydrogens is 249 g/mol. The molecular formula is C13H16FN3S. The maximum Gasteiger partial charge on any atom is 0.185 e. The third-order valence-corrected chi connectivity index (χ3v) is 4.02. The van der Waals surface area contributed by atoms with Gasteiger partial charge >= 0.3 is 0 Å². The smallest absolute Gasteiger partial charge is 0.185 e. The summed E-state index contributed by atoms with van der Waals surface area (Å²) in [6.07, 6.45) is 0. The van der Waals surface area contributed by atoms with Crippen molar-refractivity contribution >= 4 is 16.5 Å². The maximum atomic E-state index is 12.8. The second-order valence-electron chi connectivity index (χ2n) is 4.19. The number of rotatable bonds is 4. The van der Waals surface area contributed by atoms with Gasteiger partial charge in [-0.1, -0.05) is 12.1 Å². The molecule has 0 unspecified atom stereocenters. The van der Waals surface area contributed by atoms with E-state index in [-0.39, 0.29) is 5.82 Å². The number of halogens is 1. The van der Waals surface area contributed by atoms with Gasteiger partial charge in [-0.2, -0.15) is 0 Å². The molecule has 1 heterocycles. The van der Waals surface area contributed by atoms with Crippen LogP contribution in [0.5, 0.6) is 0 Å². The van der Waals surface area contributed by atoms with Crippen molar-refractivity contribution in [3.05, 3.63) is 46.2 Å². The Morgan fingerprint density at radius 1 is 1.33 bits per heavy atom. The summed E-state index contributed by atoms with van der Waals surface area (Å²) >= 11 is 1.61. The van der Waals surface area contributed by atoms with Crippen LogP contribution >= 0.6 is 11.3 Å². The predicted molar refractivity (Wildman–Crippen MR) is 73.2 cm³/mol. The molecule has 0 aliphatic rings. The molecule has 0 aliphatic heterocycles. The molecule has 0 spiro atoms. The Morgan fingerprint density at radius 2 is 2.00 bits per heavy atom. The van der Waals surface area contributed by atoms with Crippen molar-refractivity contribution in [2.75, 3.05) is 11.9 Å². The van der Waals surface area contributed by atoms with Crippen LogP contribution in [0.4, 0.5) is 9.52 Å². The first-order chi connectivity index (χ1) is 8.60. The summed E-state index contributed by atoms with van der Waals surface area (Å²) in [7, 11) is 1.97. The van der Waals surface area contributed by atoms with Crippen LogP contribution < -0.4 is 10.6 Å². The Hall–Kier alpha value is -1.46. The van der Waals surface area contributed by atoms with Crippen molar-refractivity contribution in [1.82, 2.24) is 4.98 Å². The second kappa shape index (κ2) is 5.46. The highest BCUT2D eigenvalue weighted by Gasteiger charge is 2.10. The predicted octanol–water partition coefficient (Wildman–Crippen LogP) is 2.69. The van der Waals surface area contributed by atoms with E-state index in [0.29, 0.717) is 13.1 Å². The summed E-state index contributed by atoms with van der Waals surface area (Å²) in [4.78, 5) is 7.64. The second-order valence-corrected chi connectivity index (χ2v) is 5.25. The molecule has 2 aromatic rings. The molecule has 5 heteroatoms. The Labute approximate surface area is 110 Å². The number of aryl methyl sites for hydroxylation is 1. The molecule has 1 aromatic carbocycles. The molecule has 0 saturated carbocycles. The van der Waals surface area contributed by atoms with Crippen LogP contribution in [0, 0.1) is 12.7 Å². The Morgan fingerprint density at radius 3 is 2.56 bits per heavy atom. The van der Waals surface area contributed by atoms with Crippen LogP contribution in [-0.4, -0.2) is 12.0 Å². The summed E-state index contributed by atoms with van der Waals surface area (Å²) in [6.45, 7) is 3.19. The van der Waals surface area contributed by atoms with E-state index in [0.717, 1.165) is 21.3 Å². The van der Waals surface area contributed by atoms with Crippen molar-refractivity contribution in [3.63, 3.8) is 0 Å². The van der Waals surface area contributed by atoms with Crippen molar-refractivity contribution < 1.29 is 4.39 Å². The fourth-order valence-electron chi connectivity index (χ4n) is 1.70. The first kappa shape index (κ1) is 13.0. The lowest BCUT2D eigenvalue weighted by Crippen LogP contribution is -2.16. The topological polar surface area (TPSA) is 42.2 Å². The monoisotopic (exact) mass is 265 g/mol. The molecule has 3 nitrogen and oxygen atoms in total. The van der Waals surface area contributed by atoms with Crippen LogP contribution in [0.1, 0.15) is 16.1 Å². The lowest BCUT2D eigenvalue weighted by atomic mass is 10.2. The molecule has 18 heavy (non-hydrogen) atoms. The van der Waals surface area contributed by atoms with Gasteiger partial charge in [0.1, 0.15) is 5.82 Å². The minimum Gasteiger partial charge on any atom is -0.347 e. The van der Waals surface area contributed by atoms with Gasteiger partial charge in [-0.15, -0.1) is 11.3 Å². The average Bonchev–Trinajstić information content (AvgIpc) is 2.73. The number of nitrogens with zero attached hydrogens (tertiary/aromatic N) is 2. The zero-order valence-corrected chi connectivity index (χ0v) is 11.3.